The molecule has 0 aliphatic carbocycles. The summed E-state index contributed by atoms with van der Waals surface area (Å²) in [6.07, 6.45) is 7.06. The molecule has 0 spiro atoms. The van der Waals surface area contributed by atoms with E-state index in [0.717, 1.165) is 19.5 Å². The van der Waals surface area contributed by atoms with E-state index >= 15 is 0 Å². The quantitative estimate of drug-likeness (QED) is 0.507. The maximum absolute atomic E-state index is 9.49. The molecule has 0 saturated carbocycles. The molecule has 0 aliphatic rings. The minimum Gasteiger partial charge on any atom is -0.391 e. The Morgan fingerprint density at radius 1 is 1.06 bits per heavy atom. The summed E-state index contributed by atoms with van der Waals surface area (Å²) in [4.78, 5) is 0. The minimum atomic E-state index is -0.312. The van der Waals surface area contributed by atoms with Crippen LogP contribution in [0.5, 0.6) is 0 Å². The van der Waals surface area contributed by atoms with E-state index in [4.69, 9.17) is 4.74 Å². The summed E-state index contributed by atoms with van der Waals surface area (Å²) in [5.74, 6) is 0. The summed E-state index contributed by atoms with van der Waals surface area (Å²) in [6, 6.07) is 0. The number of hydrogen-bond donors (Lipinski definition) is 2. The van der Waals surface area contributed by atoms with Gasteiger partial charge in [0, 0.05) is 6.61 Å². The first-order valence-corrected chi connectivity index (χ1v) is 6.77. The Hall–Kier alpha value is -0.120. The molecule has 0 amide bonds. The largest absolute Gasteiger partial charge is 0.391 e. The molecule has 3 nitrogen and oxygen atoms in total. The molecule has 0 aromatic heterocycles. The Kier molecular flexibility index (Phi) is 12.9. The van der Waals surface area contributed by atoms with Gasteiger partial charge in [0.25, 0.3) is 0 Å². The van der Waals surface area contributed by atoms with Gasteiger partial charge in [-0.15, -0.1) is 0 Å². The van der Waals surface area contributed by atoms with E-state index in [2.05, 4.69) is 12.2 Å². The Morgan fingerprint density at radius 2 is 1.81 bits per heavy atom. The molecule has 0 rings (SSSR count). The Bertz CT molecular complexity index is 131. The lowest BCUT2D eigenvalue weighted by Crippen LogP contribution is -2.24. The molecular weight excluding hydrogens is 202 g/mol. The van der Waals surface area contributed by atoms with E-state index in [9.17, 15) is 5.11 Å². The van der Waals surface area contributed by atoms with Gasteiger partial charge in [-0.3, -0.25) is 0 Å². The van der Waals surface area contributed by atoms with Crippen molar-refractivity contribution in [3.63, 3.8) is 0 Å². The second kappa shape index (κ2) is 12.9. The molecule has 3 heteroatoms. The predicted molar refractivity (Wildman–Crippen MR) is 68.7 cm³/mol. The molecule has 0 saturated heterocycles. The normalized spacial score (nSPS) is 12.9. The van der Waals surface area contributed by atoms with E-state index in [1.165, 1.54) is 32.1 Å². The molecule has 0 aromatic rings. The van der Waals surface area contributed by atoms with Gasteiger partial charge in [0.15, 0.2) is 0 Å². The smallest absolute Gasteiger partial charge is 0.0785 e. The standard InChI is InChI=1S/C13H29NO2/c1-3-5-6-7-8-10-14-11-9-13(15)12-16-4-2/h13-15H,3-12H2,1-2H3. The first kappa shape index (κ1) is 15.9. The van der Waals surface area contributed by atoms with Crippen LogP contribution in [-0.2, 0) is 4.74 Å². The molecule has 0 aliphatic heterocycles. The lowest BCUT2D eigenvalue weighted by Gasteiger charge is -2.10. The van der Waals surface area contributed by atoms with Crippen molar-refractivity contribution < 1.29 is 9.84 Å². The third-order valence-corrected chi connectivity index (χ3v) is 2.63. The molecule has 0 heterocycles. The highest BCUT2D eigenvalue weighted by atomic mass is 16.5. The van der Waals surface area contributed by atoms with Crippen LogP contribution in [0.1, 0.15) is 52.4 Å². The first-order valence-electron chi connectivity index (χ1n) is 6.77. The summed E-state index contributed by atoms with van der Waals surface area (Å²) in [7, 11) is 0. The van der Waals surface area contributed by atoms with Crippen molar-refractivity contribution in [2.24, 2.45) is 0 Å². The molecule has 0 fully saturated rings. The van der Waals surface area contributed by atoms with Crippen LogP contribution in [-0.4, -0.2) is 37.5 Å². The van der Waals surface area contributed by atoms with Crippen LogP contribution < -0.4 is 5.32 Å². The number of nitrogens with one attached hydrogen (secondary N) is 1. The van der Waals surface area contributed by atoms with Gasteiger partial charge in [0.05, 0.1) is 12.7 Å². The Labute approximate surface area is 101 Å². The first-order chi connectivity index (χ1) is 7.81. The lowest BCUT2D eigenvalue weighted by atomic mass is 10.1. The van der Waals surface area contributed by atoms with Crippen molar-refractivity contribution in [3.8, 4) is 0 Å². The summed E-state index contributed by atoms with van der Waals surface area (Å²) >= 11 is 0. The molecule has 16 heavy (non-hydrogen) atoms. The zero-order valence-corrected chi connectivity index (χ0v) is 11.0. The van der Waals surface area contributed by atoms with Crippen LogP contribution in [0.25, 0.3) is 0 Å². The highest BCUT2D eigenvalue weighted by molar-refractivity contribution is 4.57. The SMILES string of the molecule is CCCCCCCNCCC(O)COCC. The average Bonchev–Trinajstić information content (AvgIpc) is 2.30. The second-order valence-electron chi connectivity index (χ2n) is 4.27. The van der Waals surface area contributed by atoms with E-state index in [1.54, 1.807) is 0 Å². The van der Waals surface area contributed by atoms with E-state index in [1.807, 2.05) is 6.92 Å². The number of hydrogen-bond acceptors (Lipinski definition) is 3. The average molecular weight is 231 g/mol. The summed E-state index contributed by atoms with van der Waals surface area (Å²) < 4.78 is 5.14. The predicted octanol–water partition coefficient (Wildman–Crippen LogP) is 2.33. The van der Waals surface area contributed by atoms with Gasteiger partial charge in [0.1, 0.15) is 0 Å². The maximum atomic E-state index is 9.49. The number of unbranched alkanes of at least 4 members (excludes halogenated alkanes) is 4. The highest BCUT2D eigenvalue weighted by Gasteiger charge is 2.02. The molecule has 0 bridgehead atoms. The van der Waals surface area contributed by atoms with Gasteiger partial charge in [-0.1, -0.05) is 32.6 Å². The minimum absolute atomic E-state index is 0.312. The monoisotopic (exact) mass is 231 g/mol. The molecule has 98 valence electrons. The van der Waals surface area contributed by atoms with Gasteiger partial charge in [-0.2, -0.15) is 0 Å². The molecule has 1 atom stereocenters. The maximum Gasteiger partial charge on any atom is 0.0785 e. The summed E-state index contributed by atoms with van der Waals surface area (Å²) in [5.41, 5.74) is 0. The second-order valence-corrected chi connectivity index (χ2v) is 4.27. The van der Waals surface area contributed by atoms with Crippen LogP contribution in [0.15, 0.2) is 0 Å². The fraction of sp³-hybridized carbons (Fsp3) is 1.00. The fourth-order valence-electron chi connectivity index (χ4n) is 1.58. The van der Waals surface area contributed by atoms with Gasteiger partial charge in [-0.25, -0.2) is 0 Å². The van der Waals surface area contributed by atoms with Gasteiger partial charge in [-0.05, 0) is 32.9 Å². The Balaban J connectivity index is 3.02. The molecular formula is C13H29NO2. The van der Waals surface area contributed by atoms with Crippen LogP contribution in [0.2, 0.25) is 0 Å². The number of aliphatic hydroxyl groups excluding tert-OH is 1. The number of ether oxygens (including phenoxy) is 1. The molecule has 0 aromatic carbocycles. The van der Waals surface area contributed by atoms with Crippen molar-refractivity contribution in [2.75, 3.05) is 26.3 Å². The number of aliphatic hydroxyl groups is 1. The molecule has 2 N–H and O–H groups in total. The van der Waals surface area contributed by atoms with Crippen molar-refractivity contribution in [3.05, 3.63) is 0 Å². The van der Waals surface area contributed by atoms with E-state index in [0.29, 0.717) is 13.2 Å². The third kappa shape index (κ3) is 12.0. The van der Waals surface area contributed by atoms with E-state index in [-0.39, 0.29) is 6.10 Å². The summed E-state index contributed by atoms with van der Waals surface area (Å²) in [5, 5.41) is 12.8. The van der Waals surface area contributed by atoms with Crippen molar-refractivity contribution >= 4 is 0 Å². The van der Waals surface area contributed by atoms with Crippen LogP contribution >= 0.6 is 0 Å². The topological polar surface area (TPSA) is 41.5 Å². The van der Waals surface area contributed by atoms with Gasteiger partial charge >= 0.3 is 0 Å². The highest BCUT2D eigenvalue weighted by Crippen LogP contribution is 2.01. The number of rotatable bonds is 12. The fourth-order valence-corrected chi connectivity index (χ4v) is 1.58. The van der Waals surface area contributed by atoms with Crippen LogP contribution in [0.4, 0.5) is 0 Å². The lowest BCUT2D eigenvalue weighted by molar-refractivity contribution is 0.0384. The molecule has 1 unspecified atom stereocenters. The van der Waals surface area contributed by atoms with Gasteiger partial charge < -0.3 is 15.2 Å². The van der Waals surface area contributed by atoms with Crippen LogP contribution in [0.3, 0.4) is 0 Å². The zero-order chi connectivity index (χ0) is 12.1. The Morgan fingerprint density at radius 3 is 2.50 bits per heavy atom. The van der Waals surface area contributed by atoms with Crippen molar-refractivity contribution in [1.29, 1.82) is 0 Å². The van der Waals surface area contributed by atoms with Crippen LogP contribution in [0, 0.1) is 0 Å². The third-order valence-electron chi connectivity index (χ3n) is 2.63. The van der Waals surface area contributed by atoms with Crippen molar-refractivity contribution in [2.45, 2.75) is 58.5 Å². The zero-order valence-electron chi connectivity index (χ0n) is 11.0. The van der Waals surface area contributed by atoms with E-state index < -0.39 is 0 Å². The molecule has 0 radical (unpaired) electrons. The van der Waals surface area contributed by atoms with Crippen molar-refractivity contribution in [1.82, 2.24) is 5.32 Å². The van der Waals surface area contributed by atoms with Gasteiger partial charge in [0.2, 0.25) is 0 Å². The summed E-state index contributed by atoms with van der Waals surface area (Å²) in [6.45, 7) is 7.29.